The summed E-state index contributed by atoms with van der Waals surface area (Å²) in [6.45, 7) is 12.0. The standard InChI is InChI=1S/C14H24BrN3O/c1-5-17(6-2)9-11(4)16-14(19)13-8-12(15)10-18(13)7-3/h8,10-11H,5-7,9H2,1-4H3,(H,16,19). The minimum absolute atomic E-state index is 0.00722. The van der Waals surface area contributed by atoms with Crippen LogP contribution in [0.2, 0.25) is 0 Å². The maximum absolute atomic E-state index is 12.2. The Morgan fingerprint density at radius 1 is 1.42 bits per heavy atom. The zero-order valence-corrected chi connectivity index (χ0v) is 13.8. The lowest BCUT2D eigenvalue weighted by atomic mass is 10.2. The third-order valence-electron chi connectivity index (χ3n) is 3.24. The lowest BCUT2D eigenvalue weighted by Crippen LogP contribution is -2.42. The predicted octanol–water partition coefficient (Wildman–Crippen LogP) is 2.73. The Bertz CT molecular complexity index is 413. The van der Waals surface area contributed by atoms with E-state index in [9.17, 15) is 4.79 Å². The van der Waals surface area contributed by atoms with Crippen molar-refractivity contribution in [2.75, 3.05) is 19.6 Å². The minimum atomic E-state index is -0.00722. The molecule has 1 aromatic heterocycles. The second-order valence-corrected chi connectivity index (χ2v) is 5.61. The van der Waals surface area contributed by atoms with Crippen molar-refractivity contribution in [1.82, 2.24) is 14.8 Å². The van der Waals surface area contributed by atoms with Gasteiger partial charge >= 0.3 is 0 Å². The third-order valence-corrected chi connectivity index (χ3v) is 3.67. The highest BCUT2D eigenvalue weighted by Gasteiger charge is 2.15. The molecule has 0 bridgehead atoms. The smallest absolute Gasteiger partial charge is 0.268 e. The van der Waals surface area contributed by atoms with Gasteiger partial charge in [0, 0.05) is 29.8 Å². The fraction of sp³-hybridized carbons (Fsp3) is 0.643. The van der Waals surface area contributed by atoms with E-state index in [0.29, 0.717) is 5.69 Å². The van der Waals surface area contributed by atoms with Crippen molar-refractivity contribution in [2.45, 2.75) is 40.3 Å². The molecule has 0 radical (unpaired) electrons. The minimum Gasteiger partial charge on any atom is -0.347 e. The summed E-state index contributed by atoms with van der Waals surface area (Å²) in [5.74, 6) is -0.00722. The van der Waals surface area contributed by atoms with Crippen LogP contribution in [0.5, 0.6) is 0 Å². The molecule has 0 saturated heterocycles. The van der Waals surface area contributed by atoms with Gasteiger partial charge in [-0.3, -0.25) is 4.79 Å². The maximum Gasteiger partial charge on any atom is 0.268 e. The Morgan fingerprint density at radius 3 is 2.58 bits per heavy atom. The molecule has 0 aliphatic heterocycles. The summed E-state index contributed by atoms with van der Waals surface area (Å²) in [5, 5.41) is 3.06. The quantitative estimate of drug-likeness (QED) is 0.835. The number of halogens is 1. The molecule has 0 aromatic carbocycles. The van der Waals surface area contributed by atoms with Crippen molar-refractivity contribution >= 4 is 21.8 Å². The number of aryl methyl sites for hydroxylation is 1. The number of hydrogen-bond donors (Lipinski definition) is 1. The van der Waals surface area contributed by atoms with Crippen molar-refractivity contribution in [3.8, 4) is 0 Å². The van der Waals surface area contributed by atoms with E-state index in [1.807, 2.05) is 30.7 Å². The number of likely N-dealkylation sites (N-methyl/N-ethyl adjacent to an activating group) is 1. The van der Waals surface area contributed by atoms with E-state index in [-0.39, 0.29) is 11.9 Å². The van der Waals surface area contributed by atoms with Gasteiger partial charge in [0.25, 0.3) is 5.91 Å². The number of hydrogen-bond acceptors (Lipinski definition) is 2. The maximum atomic E-state index is 12.2. The Morgan fingerprint density at radius 2 is 2.05 bits per heavy atom. The monoisotopic (exact) mass is 329 g/mol. The average Bonchev–Trinajstić information content (AvgIpc) is 2.77. The highest BCUT2D eigenvalue weighted by molar-refractivity contribution is 9.10. The first-order chi connectivity index (χ1) is 9.01. The van der Waals surface area contributed by atoms with Gasteiger partial charge in [-0.1, -0.05) is 13.8 Å². The van der Waals surface area contributed by atoms with Crippen LogP contribution in [0.15, 0.2) is 16.7 Å². The largest absolute Gasteiger partial charge is 0.347 e. The van der Waals surface area contributed by atoms with Gasteiger partial charge in [-0.2, -0.15) is 0 Å². The van der Waals surface area contributed by atoms with Crippen LogP contribution in [0.1, 0.15) is 38.2 Å². The Kier molecular flexibility index (Phi) is 6.58. The van der Waals surface area contributed by atoms with Crippen LogP contribution < -0.4 is 5.32 Å². The Labute approximate surface area is 124 Å². The summed E-state index contributed by atoms with van der Waals surface area (Å²) in [6.07, 6.45) is 1.93. The molecule has 1 heterocycles. The molecule has 19 heavy (non-hydrogen) atoms. The molecule has 0 spiro atoms. The normalized spacial score (nSPS) is 12.7. The highest BCUT2D eigenvalue weighted by atomic mass is 79.9. The molecule has 0 fully saturated rings. The van der Waals surface area contributed by atoms with E-state index in [2.05, 4.69) is 40.0 Å². The molecule has 108 valence electrons. The average molecular weight is 330 g/mol. The summed E-state index contributed by atoms with van der Waals surface area (Å²) in [4.78, 5) is 14.5. The van der Waals surface area contributed by atoms with Crippen LogP contribution in [0.3, 0.4) is 0 Å². The molecule has 1 aromatic rings. The van der Waals surface area contributed by atoms with Crippen molar-refractivity contribution in [2.24, 2.45) is 0 Å². The second kappa shape index (κ2) is 7.70. The fourth-order valence-electron chi connectivity index (χ4n) is 2.14. The van der Waals surface area contributed by atoms with Gasteiger partial charge in [0.2, 0.25) is 0 Å². The molecular formula is C14H24BrN3O. The molecule has 5 heteroatoms. The first-order valence-corrected chi connectivity index (χ1v) is 7.69. The van der Waals surface area contributed by atoms with Gasteiger partial charge in [0.05, 0.1) is 0 Å². The van der Waals surface area contributed by atoms with Crippen LogP contribution in [0, 0.1) is 0 Å². The summed E-state index contributed by atoms with van der Waals surface area (Å²) < 4.78 is 2.89. The van der Waals surface area contributed by atoms with Crippen LogP contribution >= 0.6 is 15.9 Å². The van der Waals surface area contributed by atoms with E-state index in [0.717, 1.165) is 30.7 Å². The molecule has 0 saturated carbocycles. The van der Waals surface area contributed by atoms with Gasteiger partial charge in [-0.05, 0) is 48.9 Å². The SMILES string of the molecule is CCN(CC)CC(C)NC(=O)c1cc(Br)cn1CC. The number of aromatic nitrogens is 1. The van der Waals surface area contributed by atoms with Gasteiger partial charge < -0.3 is 14.8 Å². The van der Waals surface area contributed by atoms with Crippen LogP contribution in [-0.2, 0) is 6.54 Å². The number of amides is 1. The number of carbonyl (C=O) groups excluding carboxylic acids is 1. The zero-order valence-electron chi connectivity index (χ0n) is 12.2. The van der Waals surface area contributed by atoms with E-state index in [1.54, 1.807) is 0 Å². The molecule has 1 amide bonds. The molecule has 0 aliphatic rings. The van der Waals surface area contributed by atoms with Crippen molar-refractivity contribution in [1.29, 1.82) is 0 Å². The van der Waals surface area contributed by atoms with E-state index < -0.39 is 0 Å². The van der Waals surface area contributed by atoms with E-state index >= 15 is 0 Å². The number of rotatable bonds is 7. The number of nitrogens with zero attached hydrogens (tertiary/aromatic N) is 2. The van der Waals surface area contributed by atoms with Crippen molar-refractivity contribution in [3.63, 3.8) is 0 Å². The molecular weight excluding hydrogens is 306 g/mol. The third kappa shape index (κ3) is 4.66. The predicted molar refractivity (Wildman–Crippen MR) is 82.5 cm³/mol. The zero-order chi connectivity index (χ0) is 14.4. The topological polar surface area (TPSA) is 37.3 Å². The van der Waals surface area contributed by atoms with E-state index in [4.69, 9.17) is 0 Å². The first kappa shape index (κ1) is 16.2. The van der Waals surface area contributed by atoms with Crippen molar-refractivity contribution < 1.29 is 4.79 Å². The summed E-state index contributed by atoms with van der Waals surface area (Å²) in [6, 6.07) is 2.01. The van der Waals surface area contributed by atoms with Gasteiger partial charge in [0.15, 0.2) is 0 Å². The molecule has 1 atom stereocenters. The lowest BCUT2D eigenvalue weighted by Gasteiger charge is -2.23. The van der Waals surface area contributed by atoms with Crippen LogP contribution in [0.25, 0.3) is 0 Å². The number of carbonyl (C=O) groups is 1. The Hall–Kier alpha value is -0.810. The molecule has 4 nitrogen and oxygen atoms in total. The summed E-state index contributed by atoms with van der Waals surface area (Å²) >= 11 is 3.41. The van der Waals surface area contributed by atoms with Gasteiger partial charge in [-0.15, -0.1) is 0 Å². The van der Waals surface area contributed by atoms with Crippen molar-refractivity contribution in [3.05, 3.63) is 22.4 Å². The summed E-state index contributed by atoms with van der Waals surface area (Å²) in [5.41, 5.74) is 0.709. The van der Waals surface area contributed by atoms with Gasteiger partial charge in [-0.25, -0.2) is 0 Å². The molecule has 0 aliphatic carbocycles. The Balaban J connectivity index is 2.63. The van der Waals surface area contributed by atoms with Crippen LogP contribution in [0.4, 0.5) is 0 Å². The summed E-state index contributed by atoms with van der Waals surface area (Å²) in [7, 11) is 0. The molecule has 1 rings (SSSR count). The molecule has 1 N–H and O–H groups in total. The molecule has 1 unspecified atom stereocenters. The lowest BCUT2D eigenvalue weighted by molar-refractivity contribution is 0.0921. The van der Waals surface area contributed by atoms with Crippen LogP contribution in [-0.4, -0.2) is 41.1 Å². The second-order valence-electron chi connectivity index (χ2n) is 4.69. The number of nitrogens with one attached hydrogen (secondary N) is 1. The fourth-order valence-corrected chi connectivity index (χ4v) is 2.60. The first-order valence-electron chi connectivity index (χ1n) is 6.90. The van der Waals surface area contributed by atoms with Gasteiger partial charge in [0.1, 0.15) is 5.69 Å². The highest BCUT2D eigenvalue weighted by Crippen LogP contribution is 2.15. The van der Waals surface area contributed by atoms with E-state index in [1.165, 1.54) is 0 Å².